The van der Waals surface area contributed by atoms with E-state index in [9.17, 15) is 4.79 Å². The number of halogens is 2. The van der Waals surface area contributed by atoms with Crippen LogP contribution < -0.4 is 4.74 Å². The van der Waals surface area contributed by atoms with Crippen LogP contribution in [0.5, 0.6) is 5.75 Å². The van der Waals surface area contributed by atoms with Crippen molar-refractivity contribution in [1.82, 2.24) is 0 Å². The van der Waals surface area contributed by atoms with Gasteiger partial charge in [0.2, 0.25) is 5.78 Å². The van der Waals surface area contributed by atoms with E-state index in [0.29, 0.717) is 16.3 Å². The van der Waals surface area contributed by atoms with Gasteiger partial charge in [0.15, 0.2) is 6.10 Å². The third-order valence-electron chi connectivity index (χ3n) is 2.62. The van der Waals surface area contributed by atoms with Crippen LogP contribution in [0.4, 0.5) is 0 Å². The minimum absolute atomic E-state index is 0.0988. The fourth-order valence-electron chi connectivity index (χ4n) is 1.66. The summed E-state index contributed by atoms with van der Waals surface area (Å²) in [6.07, 6.45) is -0.572. The maximum absolute atomic E-state index is 12.2. The first-order valence-electron chi connectivity index (χ1n) is 5.79. The summed E-state index contributed by atoms with van der Waals surface area (Å²) in [5.41, 5.74) is 0.548. The molecule has 2 nitrogen and oxygen atoms in total. The Balaban J connectivity index is 2.14. The minimum Gasteiger partial charge on any atom is -0.481 e. The molecule has 1 atom stereocenters. The maximum atomic E-state index is 12.2. The molecule has 2 aromatic rings. The van der Waals surface area contributed by atoms with Crippen molar-refractivity contribution in [2.24, 2.45) is 0 Å². The molecule has 0 N–H and O–H groups in total. The molecule has 0 amide bonds. The Hall–Kier alpha value is -1.32. The predicted octanol–water partition coefficient (Wildman–Crippen LogP) is 4.75. The number of ether oxygens (including phenoxy) is 1. The van der Waals surface area contributed by atoms with E-state index < -0.39 is 6.10 Å². The molecule has 0 aromatic heterocycles. The van der Waals surface area contributed by atoms with Crippen LogP contribution >= 0.6 is 27.5 Å². The lowest BCUT2D eigenvalue weighted by molar-refractivity contribution is 0.0817. The topological polar surface area (TPSA) is 26.3 Å². The quantitative estimate of drug-likeness (QED) is 0.751. The summed E-state index contributed by atoms with van der Waals surface area (Å²) in [5, 5.41) is 0.541. The monoisotopic (exact) mass is 338 g/mol. The molecule has 2 rings (SSSR count). The highest BCUT2D eigenvalue weighted by Crippen LogP contribution is 2.25. The van der Waals surface area contributed by atoms with E-state index >= 15 is 0 Å². The van der Waals surface area contributed by atoms with Crippen molar-refractivity contribution in [3.63, 3.8) is 0 Å². The lowest BCUT2D eigenvalue weighted by atomic mass is 10.1. The van der Waals surface area contributed by atoms with Gasteiger partial charge in [-0.05, 0) is 47.1 Å². The van der Waals surface area contributed by atoms with Crippen molar-refractivity contribution in [1.29, 1.82) is 0 Å². The normalized spacial score (nSPS) is 11.9. The first-order valence-corrected chi connectivity index (χ1v) is 6.96. The van der Waals surface area contributed by atoms with E-state index in [0.717, 1.165) is 4.47 Å². The van der Waals surface area contributed by atoms with E-state index in [1.54, 1.807) is 31.2 Å². The van der Waals surface area contributed by atoms with E-state index in [2.05, 4.69) is 15.9 Å². The number of hydrogen-bond donors (Lipinski definition) is 0. The van der Waals surface area contributed by atoms with Gasteiger partial charge in [0.05, 0.1) is 4.47 Å². The second kappa shape index (κ2) is 6.22. The number of hydrogen-bond acceptors (Lipinski definition) is 2. The number of para-hydroxylation sites is 1. The molecule has 19 heavy (non-hydrogen) atoms. The molecule has 0 aliphatic carbocycles. The van der Waals surface area contributed by atoms with Crippen LogP contribution in [-0.4, -0.2) is 11.9 Å². The second-order valence-electron chi connectivity index (χ2n) is 4.07. The van der Waals surface area contributed by atoms with Crippen molar-refractivity contribution in [2.45, 2.75) is 13.0 Å². The lowest BCUT2D eigenvalue weighted by Gasteiger charge is -2.14. The fraction of sp³-hybridized carbons (Fsp3) is 0.133. The van der Waals surface area contributed by atoms with Crippen molar-refractivity contribution >= 4 is 33.3 Å². The lowest BCUT2D eigenvalue weighted by Crippen LogP contribution is -2.24. The maximum Gasteiger partial charge on any atom is 0.203 e. The van der Waals surface area contributed by atoms with Gasteiger partial charge in [0.25, 0.3) is 0 Å². The highest BCUT2D eigenvalue weighted by molar-refractivity contribution is 9.10. The summed E-state index contributed by atoms with van der Waals surface area (Å²) in [6.45, 7) is 1.72. The molecule has 0 bridgehead atoms. The number of carbonyl (C=O) groups is 1. The molecule has 0 radical (unpaired) electrons. The second-order valence-corrected chi connectivity index (χ2v) is 5.36. The predicted molar refractivity (Wildman–Crippen MR) is 80.0 cm³/mol. The number of ketones is 1. The SMILES string of the molecule is C[C@H](Oc1ccccc1Br)C(=O)c1cccc(Cl)c1. The molecule has 98 valence electrons. The van der Waals surface area contributed by atoms with Gasteiger partial charge in [-0.1, -0.05) is 35.9 Å². The van der Waals surface area contributed by atoms with Gasteiger partial charge in [-0.3, -0.25) is 4.79 Å². The Morgan fingerprint density at radius 2 is 1.95 bits per heavy atom. The van der Waals surface area contributed by atoms with Crippen molar-refractivity contribution in [2.75, 3.05) is 0 Å². The first-order chi connectivity index (χ1) is 9.08. The molecule has 0 aliphatic rings. The summed E-state index contributed by atoms with van der Waals surface area (Å²) in [5.74, 6) is 0.545. The van der Waals surface area contributed by atoms with Crippen molar-refractivity contribution in [3.8, 4) is 5.75 Å². The third-order valence-corrected chi connectivity index (χ3v) is 3.51. The molecule has 0 saturated carbocycles. The van der Waals surface area contributed by atoms with Crippen LogP contribution in [0.1, 0.15) is 17.3 Å². The third kappa shape index (κ3) is 3.58. The van der Waals surface area contributed by atoms with E-state index in [-0.39, 0.29) is 5.78 Å². The van der Waals surface area contributed by atoms with Crippen LogP contribution in [0.3, 0.4) is 0 Å². The van der Waals surface area contributed by atoms with Crippen LogP contribution in [0.25, 0.3) is 0 Å². The molecule has 4 heteroatoms. The first kappa shape index (κ1) is 14.1. The Kier molecular flexibility index (Phi) is 4.61. The molecule has 0 heterocycles. The highest BCUT2D eigenvalue weighted by atomic mass is 79.9. The highest BCUT2D eigenvalue weighted by Gasteiger charge is 2.17. The zero-order valence-corrected chi connectivity index (χ0v) is 12.6. The largest absolute Gasteiger partial charge is 0.481 e. The zero-order valence-electron chi connectivity index (χ0n) is 10.3. The van der Waals surface area contributed by atoms with Gasteiger partial charge in [-0.2, -0.15) is 0 Å². The minimum atomic E-state index is -0.572. The summed E-state index contributed by atoms with van der Waals surface area (Å²) in [6, 6.07) is 14.3. The van der Waals surface area contributed by atoms with Gasteiger partial charge in [-0.25, -0.2) is 0 Å². The molecule has 0 aliphatic heterocycles. The average Bonchev–Trinajstić information content (AvgIpc) is 2.40. The van der Waals surface area contributed by atoms with Crippen molar-refractivity contribution < 1.29 is 9.53 Å². The van der Waals surface area contributed by atoms with Gasteiger partial charge >= 0.3 is 0 Å². The molecule has 0 unspecified atom stereocenters. The van der Waals surface area contributed by atoms with Crippen molar-refractivity contribution in [3.05, 3.63) is 63.6 Å². The molecular weight excluding hydrogens is 328 g/mol. The molecule has 0 saturated heterocycles. The van der Waals surface area contributed by atoms with Gasteiger partial charge in [0, 0.05) is 10.6 Å². The van der Waals surface area contributed by atoms with Crippen LogP contribution in [0.2, 0.25) is 5.02 Å². The summed E-state index contributed by atoms with van der Waals surface area (Å²) in [7, 11) is 0. The Labute approximate surface area is 125 Å². The smallest absolute Gasteiger partial charge is 0.203 e. The van der Waals surface area contributed by atoms with E-state index in [1.165, 1.54) is 0 Å². The number of Topliss-reactive ketones (excluding diaryl/α,β-unsaturated/α-hetero) is 1. The number of rotatable bonds is 4. The summed E-state index contributed by atoms with van der Waals surface area (Å²) >= 11 is 9.26. The van der Waals surface area contributed by atoms with Gasteiger partial charge < -0.3 is 4.74 Å². The summed E-state index contributed by atoms with van der Waals surface area (Å²) in [4.78, 5) is 12.2. The fourth-order valence-corrected chi connectivity index (χ4v) is 2.23. The van der Waals surface area contributed by atoms with Gasteiger partial charge in [-0.15, -0.1) is 0 Å². The zero-order chi connectivity index (χ0) is 13.8. The van der Waals surface area contributed by atoms with E-state index in [1.807, 2.05) is 24.3 Å². The van der Waals surface area contributed by atoms with Crippen LogP contribution in [0.15, 0.2) is 53.0 Å². The average molecular weight is 340 g/mol. The van der Waals surface area contributed by atoms with Gasteiger partial charge in [0.1, 0.15) is 5.75 Å². The molecule has 2 aromatic carbocycles. The van der Waals surface area contributed by atoms with E-state index in [4.69, 9.17) is 16.3 Å². The standard InChI is InChI=1S/C15H12BrClO2/c1-10(19-14-8-3-2-7-13(14)16)15(18)11-5-4-6-12(17)9-11/h2-10H,1H3/t10-/m0/s1. The number of carbonyl (C=O) groups excluding carboxylic acids is 1. The summed E-state index contributed by atoms with van der Waals surface area (Å²) < 4.78 is 6.48. The molecular formula is C15H12BrClO2. The van der Waals surface area contributed by atoms with Crippen LogP contribution in [0, 0.1) is 0 Å². The number of benzene rings is 2. The van der Waals surface area contributed by atoms with Crippen LogP contribution in [-0.2, 0) is 0 Å². The Bertz CT molecular complexity index is 598. The Morgan fingerprint density at radius 3 is 2.63 bits per heavy atom. The molecule has 0 fully saturated rings. The Morgan fingerprint density at radius 1 is 1.21 bits per heavy atom. The molecule has 0 spiro atoms.